The van der Waals surface area contributed by atoms with Gasteiger partial charge in [-0.25, -0.2) is 4.39 Å². The van der Waals surface area contributed by atoms with Crippen LogP contribution in [0.15, 0.2) is 54.7 Å². The van der Waals surface area contributed by atoms with E-state index in [-0.39, 0.29) is 27.7 Å². The minimum Gasteiger partial charge on any atom is -0.456 e. The third kappa shape index (κ3) is 5.28. The van der Waals surface area contributed by atoms with Gasteiger partial charge in [-0.05, 0) is 42.5 Å². The van der Waals surface area contributed by atoms with Crippen molar-refractivity contribution in [2.75, 3.05) is 5.32 Å². The average molecular weight is 454 g/mol. The molecule has 0 bridgehead atoms. The molecular weight excluding hydrogens is 442 g/mol. The third-order valence-corrected chi connectivity index (χ3v) is 4.23. The molecule has 3 N–H and O–H groups in total. The van der Waals surface area contributed by atoms with E-state index in [9.17, 15) is 27.2 Å². The minimum atomic E-state index is -4.70. The van der Waals surface area contributed by atoms with E-state index in [0.717, 1.165) is 24.3 Å². The number of alkyl halides is 3. The summed E-state index contributed by atoms with van der Waals surface area (Å²) in [4.78, 5) is 27.7. The average Bonchev–Trinajstić information content (AvgIpc) is 2.70. The van der Waals surface area contributed by atoms with E-state index >= 15 is 0 Å². The number of nitrogens with zero attached hydrogens (tertiary/aromatic N) is 1. The van der Waals surface area contributed by atoms with Crippen LogP contribution < -0.4 is 15.8 Å². The van der Waals surface area contributed by atoms with Gasteiger partial charge >= 0.3 is 6.18 Å². The van der Waals surface area contributed by atoms with Crippen LogP contribution in [0.2, 0.25) is 5.02 Å². The zero-order valence-corrected chi connectivity index (χ0v) is 16.1. The number of anilines is 1. The molecule has 31 heavy (non-hydrogen) atoms. The molecule has 0 spiro atoms. The number of ether oxygens (including phenoxy) is 1. The number of nitrogens with one attached hydrogen (secondary N) is 1. The van der Waals surface area contributed by atoms with Crippen molar-refractivity contribution in [2.24, 2.45) is 5.73 Å². The Morgan fingerprint density at radius 1 is 1.06 bits per heavy atom. The lowest BCUT2D eigenvalue weighted by molar-refractivity contribution is -0.137. The van der Waals surface area contributed by atoms with E-state index < -0.39 is 35.1 Å². The molecule has 2 aromatic carbocycles. The molecule has 11 heteroatoms. The van der Waals surface area contributed by atoms with E-state index in [4.69, 9.17) is 22.1 Å². The van der Waals surface area contributed by atoms with Crippen molar-refractivity contribution >= 4 is 29.1 Å². The van der Waals surface area contributed by atoms with Crippen LogP contribution >= 0.6 is 11.6 Å². The molecule has 0 unspecified atom stereocenters. The summed E-state index contributed by atoms with van der Waals surface area (Å²) in [5.74, 6) is -2.95. The van der Waals surface area contributed by atoms with E-state index in [2.05, 4.69) is 10.3 Å². The van der Waals surface area contributed by atoms with E-state index in [1.807, 2.05) is 0 Å². The maximum Gasteiger partial charge on any atom is 0.416 e. The van der Waals surface area contributed by atoms with Gasteiger partial charge in [-0.15, -0.1) is 0 Å². The van der Waals surface area contributed by atoms with Gasteiger partial charge in [0.05, 0.1) is 16.1 Å². The number of carbonyl (C=O) groups is 2. The Labute approximate surface area is 177 Å². The lowest BCUT2D eigenvalue weighted by atomic mass is 10.1. The van der Waals surface area contributed by atoms with Crippen molar-refractivity contribution in [3.63, 3.8) is 0 Å². The Balaban J connectivity index is 1.98. The number of primary amides is 1. The summed E-state index contributed by atoms with van der Waals surface area (Å²) in [5.41, 5.74) is 3.82. The third-order valence-electron chi connectivity index (χ3n) is 3.94. The number of hydrogen-bond donors (Lipinski definition) is 2. The van der Waals surface area contributed by atoms with Gasteiger partial charge in [0.1, 0.15) is 23.0 Å². The highest BCUT2D eigenvalue weighted by Crippen LogP contribution is 2.36. The second kappa shape index (κ2) is 8.60. The molecule has 0 aliphatic heterocycles. The molecule has 1 aromatic heterocycles. The first-order chi connectivity index (χ1) is 14.5. The van der Waals surface area contributed by atoms with Crippen LogP contribution in [0.4, 0.5) is 23.2 Å². The van der Waals surface area contributed by atoms with Crippen molar-refractivity contribution in [1.29, 1.82) is 0 Å². The van der Waals surface area contributed by atoms with Crippen molar-refractivity contribution in [3.8, 4) is 11.5 Å². The first-order valence-corrected chi connectivity index (χ1v) is 8.84. The summed E-state index contributed by atoms with van der Waals surface area (Å²) < 4.78 is 58.2. The van der Waals surface area contributed by atoms with Gasteiger partial charge in [-0.3, -0.25) is 14.6 Å². The van der Waals surface area contributed by atoms with E-state index in [1.165, 1.54) is 18.3 Å². The summed E-state index contributed by atoms with van der Waals surface area (Å²) in [6, 6.07) is 7.99. The number of hydrogen-bond acceptors (Lipinski definition) is 4. The minimum absolute atomic E-state index is 0.0836. The highest BCUT2D eigenvalue weighted by Gasteiger charge is 2.32. The van der Waals surface area contributed by atoms with Crippen LogP contribution in [0.3, 0.4) is 0 Å². The zero-order chi connectivity index (χ0) is 22.8. The van der Waals surface area contributed by atoms with Gasteiger partial charge in [0.15, 0.2) is 0 Å². The van der Waals surface area contributed by atoms with Gasteiger partial charge in [0, 0.05) is 18.0 Å². The number of rotatable bonds is 5. The normalized spacial score (nSPS) is 11.1. The molecule has 2 amide bonds. The molecule has 0 saturated carbocycles. The molecular formula is C20H12ClF4N3O3. The predicted octanol–water partition coefficient (Wildman–Crippen LogP) is 5.04. The molecule has 0 aliphatic carbocycles. The van der Waals surface area contributed by atoms with Crippen LogP contribution in [-0.2, 0) is 6.18 Å². The zero-order valence-electron chi connectivity index (χ0n) is 15.3. The van der Waals surface area contributed by atoms with Gasteiger partial charge < -0.3 is 15.8 Å². The Bertz CT molecular complexity index is 1170. The molecule has 0 aliphatic rings. The Kier molecular flexibility index (Phi) is 6.11. The molecule has 1 heterocycles. The Morgan fingerprint density at radius 3 is 2.45 bits per heavy atom. The summed E-state index contributed by atoms with van der Waals surface area (Å²) in [7, 11) is 0. The fourth-order valence-corrected chi connectivity index (χ4v) is 2.65. The standard InChI is InChI=1S/C20H12ClF4N3O3/c21-14-9-12(2-4-15(14)22)31-17-7-10(20(23,24)25)1-3-13(17)19(30)28-11-5-6-27-16(8-11)18(26)29/h1-9H,(H2,26,29)(H,27,28,30). The highest BCUT2D eigenvalue weighted by atomic mass is 35.5. The van der Waals surface area contributed by atoms with Crippen molar-refractivity contribution < 1.29 is 31.9 Å². The number of carbonyl (C=O) groups excluding carboxylic acids is 2. The topological polar surface area (TPSA) is 94.3 Å². The van der Waals surface area contributed by atoms with Crippen LogP contribution in [0.5, 0.6) is 11.5 Å². The number of nitrogens with two attached hydrogens (primary N) is 1. The smallest absolute Gasteiger partial charge is 0.416 e. The number of halogens is 5. The van der Waals surface area contributed by atoms with Gasteiger partial charge in [0.2, 0.25) is 0 Å². The van der Waals surface area contributed by atoms with Crippen LogP contribution in [0.1, 0.15) is 26.4 Å². The molecule has 0 fully saturated rings. The van der Waals surface area contributed by atoms with Gasteiger partial charge in [0.25, 0.3) is 11.8 Å². The van der Waals surface area contributed by atoms with Crippen LogP contribution in [0.25, 0.3) is 0 Å². The number of pyridine rings is 1. The van der Waals surface area contributed by atoms with Crippen LogP contribution in [0, 0.1) is 5.82 Å². The second-order valence-electron chi connectivity index (χ2n) is 6.13. The largest absolute Gasteiger partial charge is 0.456 e. The SMILES string of the molecule is NC(=O)c1cc(NC(=O)c2ccc(C(F)(F)F)cc2Oc2ccc(F)c(Cl)c2)ccn1. The molecule has 0 radical (unpaired) electrons. The number of aromatic nitrogens is 1. The molecule has 0 saturated heterocycles. The second-order valence-corrected chi connectivity index (χ2v) is 6.54. The first-order valence-electron chi connectivity index (χ1n) is 8.46. The van der Waals surface area contributed by atoms with Gasteiger partial charge in [-0.2, -0.15) is 13.2 Å². The molecule has 0 atom stereocenters. The quantitative estimate of drug-likeness (QED) is 0.529. The molecule has 3 aromatic rings. The van der Waals surface area contributed by atoms with Crippen molar-refractivity contribution in [1.82, 2.24) is 4.98 Å². The van der Waals surface area contributed by atoms with E-state index in [1.54, 1.807) is 0 Å². The lowest BCUT2D eigenvalue weighted by Crippen LogP contribution is -2.16. The van der Waals surface area contributed by atoms with E-state index in [0.29, 0.717) is 12.1 Å². The molecule has 160 valence electrons. The Morgan fingerprint density at radius 2 is 1.81 bits per heavy atom. The van der Waals surface area contributed by atoms with Crippen molar-refractivity contribution in [2.45, 2.75) is 6.18 Å². The van der Waals surface area contributed by atoms with Gasteiger partial charge in [-0.1, -0.05) is 11.6 Å². The summed E-state index contributed by atoms with van der Waals surface area (Å²) in [5, 5.41) is 2.11. The van der Waals surface area contributed by atoms with Crippen molar-refractivity contribution in [3.05, 3.63) is 82.4 Å². The predicted molar refractivity (Wildman–Crippen MR) is 104 cm³/mol. The first kappa shape index (κ1) is 22.0. The maximum absolute atomic E-state index is 13.4. The maximum atomic E-state index is 13.4. The monoisotopic (exact) mass is 453 g/mol. The molecule has 6 nitrogen and oxygen atoms in total. The highest BCUT2D eigenvalue weighted by molar-refractivity contribution is 6.30. The summed E-state index contributed by atoms with van der Waals surface area (Å²) >= 11 is 5.68. The summed E-state index contributed by atoms with van der Waals surface area (Å²) in [6.45, 7) is 0. The number of amides is 2. The Hall–Kier alpha value is -3.66. The fraction of sp³-hybridized carbons (Fsp3) is 0.0500. The van der Waals surface area contributed by atoms with Crippen LogP contribution in [-0.4, -0.2) is 16.8 Å². The fourth-order valence-electron chi connectivity index (χ4n) is 2.48. The molecule has 3 rings (SSSR count). The number of benzene rings is 2. The lowest BCUT2D eigenvalue weighted by Gasteiger charge is -2.15. The summed E-state index contributed by atoms with van der Waals surface area (Å²) in [6.07, 6.45) is -3.48.